The van der Waals surface area contributed by atoms with Crippen molar-refractivity contribution in [3.05, 3.63) is 54.1 Å². The Labute approximate surface area is 138 Å². The molecule has 0 heterocycles. The first kappa shape index (κ1) is 17.3. The van der Waals surface area contributed by atoms with Gasteiger partial charge in [-0.3, -0.25) is 4.31 Å². The third kappa shape index (κ3) is 3.67. The van der Waals surface area contributed by atoms with Gasteiger partial charge in [0.1, 0.15) is 5.75 Å². The van der Waals surface area contributed by atoms with E-state index < -0.39 is 10.0 Å². The van der Waals surface area contributed by atoms with Crippen molar-refractivity contribution < 1.29 is 13.2 Å². The minimum atomic E-state index is -3.58. The van der Waals surface area contributed by atoms with Crippen LogP contribution < -0.4 is 9.04 Å². The molecule has 0 radical (unpaired) electrons. The van der Waals surface area contributed by atoms with Crippen molar-refractivity contribution in [3.8, 4) is 5.75 Å². The Morgan fingerprint density at radius 1 is 0.913 bits per heavy atom. The van der Waals surface area contributed by atoms with Gasteiger partial charge in [0.15, 0.2) is 0 Å². The van der Waals surface area contributed by atoms with Gasteiger partial charge in [0.05, 0.1) is 17.7 Å². The Hall–Kier alpha value is -2.01. The summed E-state index contributed by atoms with van der Waals surface area (Å²) in [5.74, 6) is 0.689. The number of hydrogen-bond donors (Lipinski definition) is 0. The van der Waals surface area contributed by atoms with Crippen LogP contribution in [0, 0.1) is 0 Å². The zero-order chi connectivity index (χ0) is 17.3. The number of anilines is 1. The van der Waals surface area contributed by atoms with Crippen molar-refractivity contribution in [2.75, 3.05) is 18.5 Å². The monoisotopic (exact) mass is 333 g/mol. The summed E-state index contributed by atoms with van der Waals surface area (Å²) in [5, 5.41) is 0. The van der Waals surface area contributed by atoms with Crippen LogP contribution in [0.5, 0.6) is 5.75 Å². The van der Waals surface area contributed by atoms with Gasteiger partial charge in [-0.1, -0.05) is 32.9 Å². The van der Waals surface area contributed by atoms with Crippen LogP contribution in [0.15, 0.2) is 53.4 Å². The van der Waals surface area contributed by atoms with Crippen LogP contribution in [0.4, 0.5) is 5.69 Å². The molecule has 0 amide bonds. The molecule has 2 aromatic carbocycles. The topological polar surface area (TPSA) is 46.6 Å². The summed E-state index contributed by atoms with van der Waals surface area (Å²) in [6, 6.07) is 14.0. The zero-order valence-electron chi connectivity index (χ0n) is 14.2. The maximum atomic E-state index is 12.7. The number of hydrogen-bond acceptors (Lipinski definition) is 3. The van der Waals surface area contributed by atoms with Gasteiger partial charge in [-0.15, -0.1) is 0 Å². The Balaban J connectivity index is 2.32. The lowest BCUT2D eigenvalue weighted by molar-refractivity contribution is 0.415. The molecule has 0 spiro atoms. The number of methoxy groups -OCH3 is 1. The lowest BCUT2D eigenvalue weighted by Crippen LogP contribution is -2.26. The minimum absolute atomic E-state index is 0.00974. The van der Waals surface area contributed by atoms with E-state index >= 15 is 0 Å². The van der Waals surface area contributed by atoms with E-state index in [9.17, 15) is 8.42 Å². The lowest BCUT2D eigenvalue weighted by atomic mass is 9.87. The summed E-state index contributed by atoms with van der Waals surface area (Å²) >= 11 is 0. The predicted molar refractivity (Wildman–Crippen MR) is 93.7 cm³/mol. The molecule has 23 heavy (non-hydrogen) atoms. The molecule has 0 unspecified atom stereocenters. The fourth-order valence-corrected chi connectivity index (χ4v) is 3.41. The van der Waals surface area contributed by atoms with E-state index in [1.54, 1.807) is 50.6 Å². The average Bonchev–Trinajstić information content (AvgIpc) is 2.53. The molecule has 0 aliphatic carbocycles. The first-order valence-electron chi connectivity index (χ1n) is 7.40. The Kier molecular flexibility index (Phi) is 4.71. The number of rotatable bonds is 4. The molecule has 0 aromatic heterocycles. The van der Waals surface area contributed by atoms with E-state index in [1.807, 2.05) is 12.1 Å². The van der Waals surface area contributed by atoms with Gasteiger partial charge in [-0.25, -0.2) is 8.42 Å². The van der Waals surface area contributed by atoms with Crippen LogP contribution in [-0.2, 0) is 15.4 Å². The van der Waals surface area contributed by atoms with Crippen molar-refractivity contribution >= 4 is 15.7 Å². The van der Waals surface area contributed by atoms with Crippen LogP contribution in [0.25, 0.3) is 0 Å². The second-order valence-electron chi connectivity index (χ2n) is 6.44. The van der Waals surface area contributed by atoms with Gasteiger partial charge in [0, 0.05) is 7.05 Å². The largest absolute Gasteiger partial charge is 0.497 e. The van der Waals surface area contributed by atoms with Crippen molar-refractivity contribution in [2.45, 2.75) is 31.1 Å². The maximum absolute atomic E-state index is 12.7. The van der Waals surface area contributed by atoms with E-state index in [0.29, 0.717) is 11.4 Å². The molecule has 0 aliphatic rings. The smallest absolute Gasteiger partial charge is 0.264 e. The number of benzene rings is 2. The highest BCUT2D eigenvalue weighted by Crippen LogP contribution is 2.27. The predicted octanol–water partition coefficient (Wildman–Crippen LogP) is 3.82. The molecule has 0 aliphatic heterocycles. The van der Waals surface area contributed by atoms with E-state index in [0.717, 1.165) is 5.56 Å². The fourth-order valence-electron chi connectivity index (χ4n) is 2.22. The maximum Gasteiger partial charge on any atom is 0.264 e. The molecule has 0 saturated heterocycles. The second kappa shape index (κ2) is 6.24. The van der Waals surface area contributed by atoms with Crippen LogP contribution in [0.2, 0.25) is 0 Å². The second-order valence-corrected chi connectivity index (χ2v) is 8.41. The third-order valence-corrected chi connectivity index (χ3v) is 5.61. The summed E-state index contributed by atoms with van der Waals surface area (Å²) in [5.41, 5.74) is 1.68. The molecule has 2 rings (SSSR count). The van der Waals surface area contributed by atoms with Crippen LogP contribution >= 0.6 is 0 Å². The first-order valence-corrected chi connectivity index (χ1v) is 8.84. The molecule has 0 N–H and O–H groups in total. The number of ether oxygens (including phenoxy) is 1. The molecule has 0 bridgehead atoms. The molecule has 0 saturated carbocycles. The summed E-state index contributed by atoms with van der Waals surface area (Å²) in [6.07, 6.45) is 0. The van der Waals surface area contributed by atoms with Crippen molar-refractivity contribution in [1.29, 1.82) is 0 Å². The molecular formula is C18H23NO3S. The summed E-state index contributed by atoms with van der Waals surface area (Å²) < 4.78 is 31.9. The summed E-state index contributed by atoms with van der Waals surface area (Å²) in [7, 11) is -0.455. The Morgan fingerprint density at radius 2 is 1.43 bits per heavy atom. The average molecular weight is 333 g/mol. The van der Waals surface area contributed by atoms with E-state index in [-0.39, 0.29) is 10.3 Å². The standard InChI is InChI=1S/C18H23NO3S/c1-18(2,3)14-6-12-17(13-7-14)23(20,21)19(4)15-8-10-16(22-5)11-9-15/h6-13H,1-5H3. The SMILES string of the molecule is COc1ccc(N(C)S(=O)(=O)c2ccc(C(C)(C)C)cc2)cc1. The Morgan fingerprint density at radius 3 is 1.87 bits per heavy atom. The van der Waals surface area contributed by atoms with E-state index in [1.165, 1.54) is 4.31 Å². The highest BCUT2D eigenvalue weighted by molar-refractivity contribution is 7.92. The summed E-state index contributed by atoms with van der Waals surface area (Å²) in [6.45, 7) is 6.29. The highest BCUT2D eigenvalue weighted by atomic mass is 32.2. The zero-order valence-corrected chi connectivity index (χ0v) is 15.0. The summed E-state index contributed by atoms with van der Waals surface area (Å²) in [4.78, 5) is 0.281. The Bertz CT molecular complexity index is 757. The number of nitrogens with zero attached hydrogens (tertiary/aromatic N) is 1. The molecule has 124 valence electrons. The highest BCUT2D eigenvalue weighted by Gasteiger charge is 2.22. The van der Waals surface area contributed by atoms with Gasteiger partial charge in [0.2, 0.25) is 0 Å². The van der Waals surface area contributed by atoms with Crippen molar-refractivity contribution in [3.63, 3.8) is 0 Å². The number of sulfonamides is 1. The molecule has 4 nitrogen and oxygen atoms in total. The lowest BCUT2D eigenvalue weighted by Gasteiger charge is -2.22. The van der Waals surface area contributed by atoms with Crippen molar-refractivity contribution in [1.82, 2.24) is 0 Å². The van der Waals surface area contributed by atoms with Gasteiger partial charge in [0.25, 0.3) is 10.0 Å². The first-order chi connectivity index (χ1) is 10.7. The van der Waals surface area contributed by atoms with Crippen LogP contribution in [-0.4, -0.2) is 22.6 Å². The molecule has 0 atom stereocenters. The van der Waals surface area contributed by atoms with Gasteiger partial charge >= 0.3 is 0 Å². The van der Waals surface area contributed by atoms with Crippen LogP contribution in [0.3, 0.4) is 0 Å². The van der Waals surface area contributed by atoms with Crippen molar-refractivity contribution in [2.24, 2.45) is 0 Å². The normalized spacial score (nSPS) is 12.0. The third-order valence-electron chi connectivity index (χ3n) is 3.81. The van der Waals surface area contributed by atoms with Crippen LogP contribution in [0.1, 0.15) is 26.3 Å². The van der Waals surface area contributed by atoms with Gasteiger partial charge < -0.3 is 4.74 Å². The molecule has 0 fully saturated rings. The van der Waals surface area contributed by atoms with Gasteiger partial charge in [-0.2, -0.15) is 0 Å². The molecule has 5 heteroatoms. The van der Waals surface area contributed by atoms with E-state index in [2.05, 4.69) is 20.8 Å². The van der Waals surface area contributed by atoms with E-state index in [4.69, 9.17) is 4.74 Å². The fraction of sp³-hybridized carbons (Fsp3) is 0.333. The van der Waals surface area contributed by atoms with Gasteiger partial charge in [-0.05, 0) is 47.4 Å². The quantitative estimate of drug-likeness (QED) is 0.854. The molecular weight excluding hydrogens is 310 g/mol. The molecule has 2 aromatic rings. The minimum Gasteiger partial charge on any atom is -0.497 e.